The normalized spacial score (nSPS) is 21.4. The smallest absolute Gasteiger partial charge is 0.132 e. The Labute approximate surface area is 99.6 Å². The Hall–Kier alpha value is -0.850. The molecule has 1 aliphatic rings. The molecule has 0 heterocycles. The van der Waals surface area contributed by atoms with Crippen LogP contribution < -0.4 is 0 Å². The van der Waals surface area contributed by atoms with Crippen LogP contribution in [0, 0.1) is 0 Å². The highest BCUT2D eigenvalue weighted by atomic mass is 16.1. The van der Waals surface area contributed by atoms with Gasteiger partial charge in [0.1, 0.15) is 5.78 Å². The first kappa shape index (κ1) is 13.2. The van der Waals surface area contributed by atoms with Crippen LogP contribution in [0.1, 0.15) is 64.2 Å². The average Bonchev–Trinajstić information content (AvgIpc) is 2.29. The Morgan fingerprint density at radius 1 is 0.625 bits per heavy atom. The number of carbonyl (C=O) groups excluding carboxylic acids is 1. The molecule has 0 spiro atoms. The van der Waals surface area contributed by atoms with Crippen LogP contribution in [-0.2, 0) is 4.79 Å². The van der Waals surface area contributed by atoms with Crippen molar-refractivity contribution < 1.29 is 4.79 Å². The molecule has 0 aromatic heterocycles. The van der Waals surface area contributed by atoms with Crippen molar-refractivity contribution in [2.45, 2.75) is 64.2 Å². The van der Waals surface area contributed by atoms with Crippen molar-refractivity contribution >= 4 is 5.78 Å². The number of hydrogen-bond acceptors (Lipinski definition) is 1. The summed E-state index contributed by atoms with van der Waals surface area (Å²) in [6, 6.07) is 0. The minimum Gasteiger partial charge on any atom is -0.300 e. The van der Waals surface area contributed by atoms with Gasteiger partial charge in [0.15, 0.2) is 0 Å². The molecule has 0 aromatic carbocycles. The molecule has 0 bridgehead atoms. The van der Waals surface area contributed by atoms with Gasteiger partial charge in [-0.2, -0.15) is 0 Å². The zero-order valence-corrected chi connectivity index (χ0v) is 10.3. The van der Waals surface area contributed by atoms with Gasteiger partial charge in [-0.05, 0) is 51.4 Å². The maximum absolute atomic E-state index is 11.5. The summed E-state index contributed by atoms with van der Waals surface area (Å²) in [6.45, 7) is 0. The van der Waals surface area contributed by atoms with Gasteiger partial charge in [-0.15, -0.1) is 0 Å². The lowest BCUT2D eigenvalue weighted by Crippen LogP contribution is -1.97. The van der Waals surface area contributed by atoms with Gasteiger partial charge in [0.2, 0.25) is 0 Å². The molecule has 0 radical (unpaired) electrons. The summed E-state index contributed by atoms with van der Waals surface area (Å²) < 4.78 is 0. The van der Waals surface area contributed by atoms with E-state index < -0.39 is 0 Å². The number of Topliss-reactive ketones (excluding diaryl/α,β-unsaturated/α-hetero) is 1. The van der Waals surface area contributed by atoms with E-state index in [-0.39, 0.29) is 0 Å². The molecule has 90 valence electrons. The van der Waals surface area contributed by atoms with Crippen molar-refractivity contribution in [2.24, 2.45) is 0 Å². The summed E-state index contributed by atoms with van der Waals surface area (Å²) in [5.74, 6) is 0.461. The molecule has 0 saturated carbocycles. The SMILES string of the molecule is O=C1CCCCC=CCCC=CCCCC1. The first-order valence-electron chi connectivity index (χ1n) is 6.71. The number of hydrogen-bond donors (Lipinski definition) is 0. The van der Waals surface area contributed by atoms with E-state index in [0.29, 0.717) is 5.78 Å². The quantitative estimate of drug-likeness (QED) is 0.546. The summed E-state index contributed by atoms with van der Waals surface area (Å²) in [6.07, 6.45) is 19.7. The second kappa shape index (κ2) is 9.38. The molecular weight excluding hydrogens is 196 g/mol. The van der Waals surface area contributed by atoms with Gasteiger partial charge in [-0.3, -0.25) is 4.79 Å². The van der Waals surface area contributed by atoms with Crippen molar-refractivity contribution in [1.29, 1.82) is 0 Å². The Morgan fingerprint density at radius 2 is 1.06 bits per heavy atom. The highest BCUT2D eigenvalue weighted by molar-refractivity contribution is 5.78. The molecule has 1 rings (SSSR count). The molecule has 1 heteroatoms. The number of allylic oxidation sites excluding steroid dienone is 4. The molecular formula is C15H24O. The third-order valence-electron chi connectivity index (χ3n) is 2.99. The number of carbonyl (C=O) groups is 1. The predicted molar refractivity (Wildman–Crippen MR) is 69.5 cm³/mol. The van der Waals surface area contributed by atoms with Crippen LogP contribution in [-0.4, -0.2) is 5.78 Å². The van der Waals surface area contributed by atoms with Gasteiger partial charge in [-0.1, -0.05) is 24.3 Å². The first-order chi connectivity index (χ1) is 7.89. The molecule has 1 nitrogen and oxygen atoms in total. The standard InChI is InChI=1S/C15H24O/c16-15-13-11-9-7-5-3-1-2-4-6-8-10-12-14-15/h3-6H,1-2,7-14H2. The first-order valence-corrected chi connectivity index (χ1v) is 6.71. The van der Waals surface area contributed by atoms with Crippen molar-refractivity contribution in [1.82, 2.24) is 0 Å². The summed E-state index contributed by atoms with van der Waals surface area (Å²) in [5, 5.41) is 0. The van der Waals surface area contributed by atoms with Crippen molar-refractivity contribution in [3.05, 3.63) is 24.3 Å². The van der Waals surface area contributed by atoms with Crippen LogP contribution in [0.4, 0.5) is 0 Å². The van der Waals surface area contributed by atoms with E-state index in [1.54, 1.807) is 0 Å². The molecule has 0 fully saturated rings. The maximum Gasteiger partial charge on any atom is 0.132 e. The number of rotatable bonds is 0. The third-order valence-corrected chi connectivity index (χ3v) is 2.99. The predicted octanol–water partition coefficient (Wildman–Crippen LogP) is 4.58. The average molecular weight is 220 g/mol. The van der Waals surface area contributed by atoms with Gasteiger partial charge in [-0.25, -0.2) is 0 Å². The van der Waals surface area contributed by atoms with Crippen LogP contribution in [0.15, 0.2) is 24.3 Å². The van der Waals surface area contributed by atoms with Gasteiger partial charge in [0, 0.05) is 12.8 Å². The molecule has 0 aromatic rings. The third kappa shape index (κ3) is 7.44. The minimum atomic E-state index is 0.461. The van der Waals surface area contributed by atoms with E-state index in [9.17, 15) is 4.79 Å². The Kier molecular flexibility index (Phi) is 7.75. The van der Waals surface area contributed by atoms with E-state index >= 15 is 0 Å². The van der Waals surface area contributed by atoms with E-state index in [0.717, 1.165) is 64.2 Å². The number of ketones is 1. The maximum atomic E-state index is 11.5. The lowest BCUT2D eigenvalue weighted by molar-refractivity contribution is -0.119. The molecule has 1 aliphatic carbocycles. The van der Waals surface area contributed by atoms with Crippen LogP contribution in [0.25, 0.3) is 0 Å². The van der Waals surface area contributed by atoms with E-state index in [2.05, 4.69) is 24.3 Å². The van der Waals surface area contributed by atoms with Crippen molar-refractivity contribution in [3.63, 3.8) is 0 Å². The fourth-order valence-corrected chi connectivity index (χ4v) is 1.96. The lowest BCUT2D eigenvalue weighted by atomic mass is 10.1. The van der Waals surface area contributed by atoms with E-state index in [4.69, 9.17) is 0 Å². The van der Waals surface area contributed by atoms with Crippen LogP contribution in [0.3, 0.4) is 0 Å². The second-order valence-corrected chi connectivity index (χ2v) is 4.55. The van der Waals surface area contributed by atoms with Crippen LogP contribution in [0.2, 0.25) is 0 Å². The summed E-state index contributed by atoms with van der Waals surface area (Å²) in [4.78, 5) is 11.5. The zero-order chi connectivity index (χ0) is 11.5. The molecule has 0 atom stereocenters. The fourth-order valence-electron chi connectivity index (χ4n) is 1.96. The molecule has 0 aliphatic heterocycles. The highest BCUT2D eigenvalue weighted by Crippen LogP contribution is 2.09. The van der Waals surface area contributed by atoms with Gasteiger partial charge >= 0.3 is 0 Å². The Bertz CT molecular complexity index is 214. The van der Waals surface area contributed by atoms with E-state index in [1.807, 2.05) is 0 Å². The second-order valence-electron chi connectivity index (χ2n) is 4.55. The van der Waals surface area contributed by atoms with Gasteiger partial charge < -0.3 is 0 Å². The van der Waals surface area contributed by atoms with Crippen LogP contribution >= 0.6 is 0 Å². The lowest BCUT2D eigenvalue weighted by Gasteiger charge is -1.99. The molecule has 0 unspecified atom stereocenters. The molecule has 0 saturated heterocycles. The van der Waals surface area contributed by atoms with E-state index in [1.165, 1.54) is 0 Å². The summed E-state index contributed by atoms with van der Waals surface area (Å²) in [5.41, 5.74) is 0. The topological polar surface area (TPSA) is 17.1 Å². The zero-order valence-electron chi connectivity index (χ0n) is 10.3. The van der Waals surface area contributed by atoms with Gasteiger partial charge in [0.25, 0.3) is 0 Å². The Balaban J connectivity index is 2.27. The van der Waals surface area contributed by atoms with Crippen molar-refractivity contribution in [3.8, 4) is 0 Å². The highest BCUT2D eigenvalue weighted by Gasteiger charge is 2.00. The fraction of sp³-hybridized carbons (Fsp3) is 0.667. The monoisotopic (exact) mass is 220 g/mol. The van der Waals surface area contributed by atoms with Crippen LogP contribution in [0.5, 0.6) is 0 Å². The molecule has 16 heavy (non-hydrogen) atoms. The largest absolute Gasteiger partial charge is 0.300 e. The Morgan fingerprint density at radius 3 is 1.56 bits per heavy atom. The summed E-state index contributed by atoms with van der Waals surface area (Å²) >= 11 is 0. The van der Waals surface area contributed by atoms with Crippen molar-refractivity contribution in [2.75, 3.05) is 0 Å². The minimum absolute atomic E-state index is 0.461. The molecule has 0 N–H and O–H groups in total. The summed E-state index contributed by atoms with van der Waals surface area (Å²) in [7, 11) is 0. The molecule has 0 amide bonds. The van der Waals surface area contributed by atoms with Gasteiger partial charge in [0.05, 0.1) is 0 Å².